The van der Waals surface area contributed by atoms with E-state index in [0.29, 0.717) is 0 Å². The minimum absolute atomic E-state index is 0.218. The fourth-order valence-corrected chi connectivity index (χ4v) is 0.708. The van der Waals surface area contributed by atoms with Crippen molar-refractivity contribution >= 4 is 5.91 Å². The quantitative estimate of drug-likeness (QED) is 0.468. The van der Waals surface area contributed by atoms with Crippen LogP contribution in [-0.2, 0) is 4.79 Å². The third-order valence-corrected chi connectivity index (χ3v) is 1.15. The Labute approximate surface area is 52.7 Å². The number of nitrogens with zero attached hydrogens (tertiary/aromatic N) is 1. The molecule has 1 amide bonds. The van der Waals surface area contributed by atoms with Gasteiger partial charge in [0.2, 0.25) is 0 Å². The van der Waals surface area contributed by atoms with Gasteiger partial charge in [-0.05, 0) is 6.08 Å². The minimum Gasteiger partial charge on any atom is -0.369 e. The van der Waals surface area contributed by atoms with Gasteiger partial charge in [0.05, 0.1) is 0 Å². The molecular weight excluding hydrogens is 120 g/mol. The van der Waals surface area contributed by atoms with Crippen molar-refractivity contribution in [1.82, 2.24) is 10.4 Å². The summed E-state index contributed by atoms with van der Waals surface area (Å²) in [6.45, 7) is 0. The minimum atomic E-state index is -0.803. The molecule has 2 N–H and O–H groups in total. The summed E-state index contributed by atoms with van der Waals surface area (Å²) in [5, 5.41) is 10.0. The van der Waals surface area contributed by atoms with E-state index in [1.807, 2.05) is 0 Å². The molecule has 4 heteroatoms. The van der Waals surface area contributed by atoms with Crippen LogP contribution in [0.1, 0.15) is 0 Å². The first-order chi connectivity index (χ1) is 4.25. The molecule has 1 rings (SSSR count). The maximum absolute atomic E-state index is 10.6. The van der Waals surface area contributed by atoms with Crippen LogP contribution in [0.2, 0.25) is 0 Å². The van der Waals surface area contributed by atoms with Gasteiger partial charge in [-0.3, -0.25) is 4.79 Å². The molecule has 0 bridgehead atoms. The van der Waals surface area contributed by atoms with E-state index in [9.17, 15) is 4.79 Å². The molecule has 0 saturated carbocycles. The Kier molecular flexibility index (Phi) is 1.50. The molecule has 4 nitrogen and oxygen atoms in total. The summed E-state index contributed by atoms with van der Waals surface area (Å²) in [5.41, 5.74) is 2.53. The number of amides is 1. The first kappa shape index (κ1) is 6.25. The number of hydrogen-bond acceptors (Lipinski definition) is 3. The largest absolute Gasteiger partial charge is 0.369 e. The van der Waals surface area contributed by atoms with Gasteiger partial charge in [0.15, 0.2) is 6.23 Å². The fourth-order valence-electron chi connectivity index (χ4n) is 0.708. The van der Waals surface area contributed by atoms with Gasteiger partial charge in [-0.2, -0.15) is 0 Å². The van der Waals surface area contributed by atoms with E-state index in [2.05, 4.69) is 5.43 Å². The van der Waals surface area contributed by atoms with Gasteiger partial charge in [-0.1, -0.05) is 0 Å². The summed E-state index contributed by atoms with van der Waals surface area (Å²) in [6, 6.07) is 0. The van der Waals surface area contributed by atoms with Gasteiger partial charge in [-0.15, -0.1) is 0 Å². The lowest BCUT2D eigenvalue weighted by Gasteiger charge is -2.17. The summed E-state index contributed by atoms with van der Waals surface area (Å²) >= 11 is 0. The number of aliphatic hydroxyl groups excluding tert-OH is 1. The number of aliphatic hydroxyl groups is 1. The topological polar surface area (TPSA) is 52.6 Å². The standard InChI is InChI=1S/C5H8N2O2/c1-6-7-4(8)2-3-5(7)9/h2-4,6,8H,1H3. The Morgan fingerprint density at radius 2 is 2.56 bits per heavy atom. The lowest BCUT2D eigenvalue weighted by molar-refractivity contribution is -0.134. The van der Waals surface area contributed by atoms with E-state index in [0.717, 1.165) is 5.01 Å². The molecule has 0 saturated heterocycles. The second-order valence-electron chi connectivity index (χ2n) is 1.70. The predicted octanol–water partition coefficient (Wildman–Crippen LogP) is -1.16. The number of hydrogen-bond donors (Lipinski definition) is 2. The zero-order valence-corrected chi connectivity index (χ0v) is 5.03. The SMILES string of the molecule is CNN1C(=O)C=CC1O. The monoisotopic (exact) mass is 128 g/mol. The van der Waals surface area contributed by atoms with Crippen molar-refractivity contribution in [2.75, 3.05) is 7.05 Å². The van der Waals surface area contributed by atoms with Crippen LogP contribution in [0.3, 0.4) is 0 Å². The number of nitrogens with one attached hydrogen (secondary N) is 1. The molecule has 1 unspecified atom stereocenters. The fraction of sp³-hybridized carbons (Fsp3) is 0.400. The molecule has 1 aliphatic heterocycles. The summed E-state index contributed by atoms with van der Waals surface area (Å²) < 4.78 is 0. The summed E-state index contributed by atoms with van der Waals surface area (Å²) in [4.78, 5) is 10.6. The number of hydrazine groups is 1. The highest BCUT2D eigenvalue weighted by atomic mass is 16.3. The number of rotatable bonds is 1. The molecule has 0 aromatic heterocycles. The molecule has 1 aliphatic rings. The Bertz CT molecular complexity index is 155. The first-order valence-corrected chi connectivity index (χ1v) is 2.62. The van der Waals surface area contributed by atoms with Crippen molar-refractivity contribution in [2.24, 2.45) is 0 Å². The average Bonchev–Trinajstić information content (AvgIpc) is 2.12. The number of carbonyl (C=O) groups excluding carboxylic acids is 1. The molecule has 0 aliphatic carbocycles. The van der Waals surface area contributed by atoms with Gasteiger partial charge in [0.1, 0.15) is 0 Å². The molecule has 1 atom stereocenters. The van der Waals surface area contributed by atoms with E-state index < -0.39 is 6.23 Å². The van der Waals surface area contributed by atoms with Crippen molar-refractivity contribution in [3.63, 3.8) is 0 Å². The van der Waals surface area contributed by atoms with Crippen molar-refractivity contribution in [3.8, 4) is 0 Å². The second-order valence-corrected chi connectivity index (χ2v) is 1.70. The second kappa shape index (κ2) is 2.16. The Morgan fingerprint density at radius 1 is 1.89 bits per heavy atom. The summed E-state index contributed by atoms with van der Waals surface area (Å²) in [5.74, 6) is -0.218. The maximum Gasteiger partial charge on any atom is 0.263 e. The van der Waals surface area contributed by atoms with Crippen LogP contribution in [0.4, 0.5) is 0 Å². The van der Waals surface area contributed by atoms with Crippen LogP contribution in [0, 0.1) is 0 Å². The van der Waals surface area contributed by atoms with Gasteiger partial charge in [0, 0.05) is 13.1 Å². The first-order valence-electron chi connectivity index (χ1n) is 2.62. The zero-order chi connectivity index (χ0) is 6.85. The van der Waals surface area contributed by atoms with Crippen LogP contribution in [0.5, 0.6) is 0 Å². The lowest BCUT2D eigenvalue weighted by atomic mass is 10.5. The van der Waals surface area contributed by atoms with Gasteiger partial charge in [0.25, 0.3) is 5.91 Å². The van der Waals surface area contributed by atoms with Crippen LogP contribution < -0.4 is 5.43 Å². The third kappa shape index (κ3) is 0.940. The molecule has 0 aromatic rings. The van der Waals surface area contributed by atoms with Crippen LogP contribution in [-0.4, -0.2) is 29.3 Å². The maximum atomic E-state index is 10.6. The van der Waals surface area contributed by atoms with E-state index in [-0.39, 0.29) is 5.91 Å². The van der Waals surface area contributed by atoms with Gasteiger partial charge < -0.3 is 5.11 Å². The van der Waals surface area contributed by atoms with Gasteiger partial charge in [-0.25, -0.2) is 10.4 Å². The summed E-state index contributed by atoms with van der Waals surface area (Å²) in [7, 11) is 1.58. The van der Waals surface area contributed by atoms with Gasteiger partial charge >= 0.3 is 0 Å². The number of carbonyl (C=O) groups is 1. The van der Waals surface area contributed by atoms with Crippen LogP contribution in [0.25, 0.3) is 0 Å². The zero-order valence-electron chi connectivity index (χ0n) is 5.03. The predicted molar refractivity (Wildman–Crippen MR) is 31.1 cm³/mol. The molecular formula is C5H8N2O2. The molecule has 9 heavy (non-hydrogen) atoms. The van der Waals surface area contributed by atoms with Crippen molar-refractivity contribution in [3.05, 3.63) is 12.2 Å². The molecule has 50 valence electrons. The van der Waals surface area contributed by atoms with Crippen LogP contribution in [0.15, 0.2) is 12.2 Å². The van der Waals surface area contributed by atoms with Crippen LogP contribution >= 0.6 is 0 Å². The molecule has 0 aromatic carbocycles. The average molecular weight is 128 g/mol. The molecule has 1 heterocycles. The third-order valence-electron chi connectivity index (χ3n) is 1.15. The molecule has 0 radical (unpaired) electrons. The normalized spacial score (nSPS) is 25.8. The van der Waals surface area contributed by atoms with E-state index in [1.165, 1.54) is 12.2 Å². The Hall–Kier alpha value is -0.870. The van der Waals surface area contributed by atoms with Crippen molar-refractivity contribution in [2.45, 2.75) is 6.23 Å². The van der Waals surface area contributed by atoms with Crippen molar-refractivity contribution < 1.29 is 9.90 Å². The molecule has 0 spiro atoms. The Balaban J connectivity index is 2.63. The molecule has 0 fully saturated rings. The van der Waals surface area contributed by atoms with E-state index >= 15 is 0 Å². The van der Waals surface area contributed by atoms with E-state index in [1.54, 1.807) is 7.05 Å². The van der Waals surface area contributed by atoms with E-state index in [4.69, 9.17) is 5.11 Å². The Morgan fingerprint density at radius 3 is 2.78 bits per heavy atom. The highest BCUT2D eigenvalue weighted by molar-refractivity contribution is 5.89. The smallest absolute Gasteiger partial charge is 0.263 e. The highest BCUT2D eigenvalue weighted by Gasteiger charge is 2.21. The summed E-state index contributed by atoms with van der Waals surface area (Å²) in [6.07, 6.45) is 1.93. The highest BCUT2D eigenvalue weighted by Crippen LogP contribution is 2.02. The van der Waals surface area contributed by atoms with Crippen molar-refractivity contribution in [1.29, 1.82) is 0 Å². The lowest BCUT2D eigenvalue weighted by Crippen LogP contribution is -2.42.